The van der Waals surface area contributed by atoms with E-state index in [1.807, 2.05) is 6.92 Å². The number of sulfonamides is 1. The Labute approximate surface area is 202 Å². The Morgan fingerprint density at radius 2 is 1.85 bits per heavy atom. The summed E-state index contributed by atoms with van der Waals surface area (Å²) >= 11 is 6.06. The molecule has 0 radical (unpaired) electrons. The van der Waals surface area contributed by atoms with Crippen LogP contribution in [0.1, 0.15) is 16.7 Å². The number of rotatable bonds is 8. The van der Waals surface area contributed by atoms with Gasteiger partial charge in [0, 0.05) is 11.6 Å². The van der Waals surface area contributed by atoms with Crippen LogP contribution in [-0.4, -0.2) is 38.2 Å². The van der Waals surface area contributed by atoms with Crippen molar-refractivity contribution in [1.82, 2.24) is 9.73 Å². The van der Waals surface area contributed by atoms with Crippen molar-refractivity contribution in [2.45, 2.75) is 18.4 Å². The lowest BCUT2D eigenvalue weighted by Gasteiger charge is -2.21. The van der Waals surface area contributed by atoms with Gasteiger partial charge in [0.05, 0.1) is 17.7 Å². The Morgan fingerprint density at radius 1 is 1.09 bits per heavy atom. The average Bonchev–Trinajstić information content (AvgIpc) is 3.27. The molecule has 0 saturated heterocycles. The zero-order valence-electron chi connectivity index (χ0n) is 18.3. The van der Waals surface area contributed by atoms with E-state index in [4.69, 9.17) is 21.1 Å². The minimum absolute atomic E-state index is 0.0317. The molecule has 3 aromatic carbocycles. The van der Waals surface area contributed by atoms with Crippen LogP contribution in [-0.2, 0) is 21.4 Å². The number of hydrogen-bond donors (Lipinski definition) is 1. The number of hydrazone groups is 1. The van der Waals surface area contributed by atoms with E-state index < -0.39 is 22.5 Å². The molecule has 1 amide bonds. The van der Waals surface area contributed by atoms with Crippen molar-refractivity contribution >= 4 is 33.7 Å². The lowest BCUT2D eigenvalue weighted by atomic mass is 10.2. The van der Waals surface area contributed by atoms with E-state index >= 15 is 0 Å². The molecule has 34 heavy (non-hydrogen) atoms. The highest BCUT2D eigenvalue weighted by Crippen LogP contribution is 2.32. The molecule has 0 atom stereocenters. The quantitative estimate of drug-likeness (QED) is 0.376. The van der Waals surface area contributed by atoms with Gasteiger partial charge in [-0.25, -0.2) is 13.8 Å². The predicted molar refractivity (Wildman–Crippen MR) is 129 cm³/mol. The van der Waals surface area contributed by atoms with Gasteiger partial charge >= 0.3 is 0 Å². The third-order valence-electron chi connectivity index (χ3n) is 5.03. The summed E-state index contributed by atoms with van der Waals surface area (Å²) in [5.41, 5.74) is 4.65. The van der Waals surface area contributed by atoms with Crippen LogP contribution in [0.25, 0.3) is 0 Å². The number of amides is 1. The average molecular weight is 500 g/mol. The van der Waals surface area contributed by atoms with Crippen LogP contribution >= 0.6 is 11.6 Å². The van der Waals surface area contributed by atoms with Crippen LogP contribution in [0.3, 0.4) is 0 Å². The first-order valence-corrected chi connectivity index (χ1v) is 12.2. The van der Waals surface area contributed by atoms with E-state index in [0.717, 1.165) is 9.87 Å². The second-order valence-corrected chi connectivity index (χ2v) is 10.00. The highest BCUT2D eigenvalue weighted by molar-refractivity contribution is 7.89. The highest BCUT2D eigenvalue weighted by Gasteiger charge is 2.27. The predicted octanol–water partition coefficient (Wildman–Crippen LogP) is 3.72. The molecule has 8 nitrogen and oxygen atoms in total. The molecule has 0 fully saturated rings. The molecule has 176 valence electrons. The van der Waals surface area contributed by atoms with Crippen LogP contribution in [0, 0.1) is 6.92 Å². The molecule has 0 saturated carbocycles. The van der Waals surface area contributed by atoms with E-state index in [9.17, 15) is 13.2 Å². The maximum absolute atomic E-state index is 13.3. The molecular weight excluding hydrogens is 478 g/mol. The summed E-state index contributed by atoms with van der Waals surface area (Å²) in [7, 11) is -3.96. The van der Waals surface area contributed by atoms with Crippen molar-refractivity contribution in [3.63, 3.8) is 0 Å². The molecule has 3 aromatic rings. The van der Waals surface area contributed by atoms with Crippen LogP contribution in [0.15, 0.2) is 76.7 Å². The van der Waals surface area contributed by atoms with E-state index in [-0.39, 0.29) is 18.2 Å². The van der Waals surface area contributed by atoms with Gasteiger partial charge in [-0.2, -0.15) is 9.41 Å². The lowest BCUT2D eigenvalue weighted by molar-refractivity contribution is -0.121. The summed E-state index contributed by atoms with van der Waals surface area (Å²) < 4.78 is 38.3. The number of carbonyl (C=O) groups excluding carboxylic acids is 1. The monoisotopic (exact) mass is 499 g/mol. The van der Waals surface area contributed by atoms with Crippen molar-refractivity contribution < 1.29 is 22.7 Å². The second kappa shape index (κ2) is 10.3. The number of nitrogens with zero attached hydrogens (tertiary/aromatic N) is 2. The molecule has 1 heterocycles. The molecule has 0 unspecified atom stereocenters. The number of aryl methyl sites for hydroxylation is 1. The molecule has 1 aliphatic heterocycles. The number of ether oxygens (including phenoxy) is 2. The van der Waals surface area contributed by atoms with Gasteiger partial charge in [-0.1, -0.05) is 41.4 Å². The van der Waals surface area contributed by atoms with Gasteiger partial charge < -0.3 is 9.47 Å². The van der Waals surface area contributed by atoms with Gasteiger partial charge in [0.2, 0.25) is 16.8 Å². The van der Waals surface area contributed by atoms with E-state index in [0.29, 0.717) is 27.6 Å². The van der Waals surface area contributed by atoms with E-state index in [1.54, 1.807) is 54.6 Å². The van der Waals surface area contributed by atoms with Crippen molar-refractivity contribution in [3.05, 3.63) is 88.4 Å². The van der Waals surface area contributed by atoms with Crippen molar-refractivity contribution in [1.29, 1.82) is 0 Å². The number of fused-ring (bicyclic) bond motifs is 1. The second-order valence-electron chi connectivity index (χ2n) is 7.62. The number of nitrogens with one attached hydrogen (secondary N) is 1. The number of benzene rings is 3. The molecule has 4 rings (SSSR count). The topological polar surface area (TPSA) is 97.3 Å². The largest absolute Gasteiger partial charge is 0.454 e. The van der Waals surface area contributed by atoms with Crippen molar-refractivity contribution in [2.75, 3.05) is 13.3 Å². The standard InChI is InChI=1S/C24H22ClN3O5S/c1-17-5-8-21(9-6-17)34(30,31)28(14-19-3-2-4-20(25)11-19)15-24(29)27-26-13-18-7-10-22-23(12-18)33-16-32-22/h2-13H,14-16H2,1H3,(H,27,29)/b26-13-. The fourth-order valence-corrected chi connectivity index (χ4v) is 4.89. The first-order valence-electron chi connectivity index (χ1n) is 10.3. The van der Waals surface area contributed by atoms with Crippen LogP contribution in [0.4, 0.5) is 0 Å². The van der Waals surface area contributed by atoms with Crippen molar-refractivity contribution in [2.24, 2.45) is 5.10 Å². The minimum Gasteiger partial charge on any atom is -0.454 e. The molecule has 10 heteroatoms. The first kappa shape index (κ1) is 23.7. The zero-order valence-corrected chi connectivity index (χ0v) is 19.8. The van der Waals surface area contributed by atoms with Crippen LogP contribution < -0.4 is 14.9 Å². The number of carbonyl (C=O) groups is 1. The maximum atomic E-state index is 13.3. The van der Waals surface area contributed by atoms with Crippen LogP contribution in [0.2, 0.25) is 5.02 Å². The Hall–Kier alpha value is -3.40. The summed E-state index contributed by atoms with van der Waals surface area (Å²) in [6.45, 7) is 1.56. The van der Waals surface area contributed by atoms with E-state index in [1.165, 1.54) is 18.3 Å². The molecule has 0 bridgehead atoms. The van der Waals surface area contributed by atoms with E-state index in [2.05, 4.69) is 10.5 Å². The third-order valence-corrected chi connectivity index (χ3v) is 7.07. The first-order chi connectivity index (χ1) is 16.3. The maximum Gasteiger partial charge on any atom is 0.255 e. The summed E-state index contributed by atoms with van der Waals surface area (Å²) in [4.78, 5) is 12.7. The summed E-state index contributed by atoms with van der Waals surface area (Å²) in [5, 5.41) is 4.42. The normalized spacial score (nSPS) is 12.9. The number of hydrogen-bond acceptors (Lipinski definition) is 6. The molecule has 1 N–H and O–H groups in total. The Balaban J connectivity index is 1.50. The molecule has 0 spiro atoms. The Morgan fingerprint density at radius 3 is 2.62 bits per heavy atom. The SMILES string of the molecule is Cc1ccc(S(=O)(=O)N(CC(=O)N/N=C\c2ccc3c(c2)OCO3)Cc2cccc(Cl)c2)cc1. The fraction of sp³-hybridized carbons (Fsp3) is 0.167. The summed E-state index contributed by atoms with van der Waals surface area (Å²) in [6, 6.07) is 18.5. The third kappa shape index (κ3) is 5.74. The minimum atomic E-state index is -3.96. The van der Waals surface area contributed by atoms with Gasteiger partial charge in [-0.3, -0.25) is 4.79 Å². The molecule has 0 aliphatic carbocycles. The lowest BCUT2D eigenvalue weighted by Crippen LogP contribution is -2.39. The summed E-state index contributed by atoms with van der Waals surface area (Å²) in [6.07, 6.45) is 1.44. The zero-order chi connectivity index (χ0) is 24.1. The Kier molecular flexibility index (Phi) is 7.16. The number of halogens is 1. The van der Waals surface area contributed by atoms with Gasteiger partial charge in [0.1, 0.15) is 0 Å². The summed E-state index contributed by atoms with van der Waals surface area (Å²) in [5.74, 6) is 0.640. The van der Waals surface area contributed by atoms with Gasteiger partial charge in [-0.15, -0.1) is 0 Å². The molecule has 0 aromatic heterocycles. The Bertz CT molecular complexity index is 1330. The highest BCUT2D eigenvalue weighted by atomic mass is 35.5. The van der Waals surface area contributed by atoms with Crippen LogP contribution in [0.5, 0.6) is 11.5 Å². The smallest absolute Gasteiger partial charge is 0.255 e. The van der Waals surface area contributed by atoms with Crippen molar-refractivity contribution in [3.8, 4) is 11.5 Å². The molecular formula is C24H22ClN3O5S. The van der Waals surface area contributed by atoms with Gasteiger partial charge in [0.25, 0.3) is 5.91 Å². The van der Waals surface area contributed by atoms with Gasteiger partial charge in [0.15, 0.2) is 11.5 Å². The fourth-order valence-electron chi connectivity index (χ4n) is 3.29. The van der Waals surface area contributed by atoms with Gasteiger partial charge in [-0.05, 0) is 60.5 Å². The molecule has 1 aliphatic rings.